The molecule has 0 saturated carbocycles. The number of hydrogen-bond donors (Lipinski definition) is 1. The lowest BCUT2D eigenvalue weighted by atomic mass is 10.1. The van der Waals surface area contributed by atoms with Crippen LogP contribution in [0.3, 0.4) is 0 Å². The normalized spacial score (nSPS) is 11.6. The van der Waals surface area contributed by atoms with E-state index in [2.05, 4.69) is 21.9 Å². The number of imidazole rings is 1. The first kappa shape index (κ1) is 30.3. The number of halogens is 3. The SMILES string of the molecule is C=CC(=O)Nc1cc(Cc2nccc(-n3c(=O)n(CC(F)(F)F)c4ccccc43)n2)c(OC)cc1N(C)CCN(C)C. The molecule has 1 amide bonds. The quantitative estimate of drug-likeness (QED) is 0.268. The Labute approximate surface area is 240 Å². The van der Waals surface area contributed by atoms with Gasteiger partial charge in [-0.1, -0.05) is 18.7 Å². The molecule has 0 aliphatic rings. The maximum atomic E-state index is 13.3. The average molecular weight is 584 g/mol. The highest BCUT2D eigenvalue weighted by atomic mass is 19.4. The van der Waals surface area contributed by atoms with Gasteiger partial charge < -0.3 is 19.9 Å². The van der Waals surface area contributed by atoms with Gasteiger partial charge in [0, 0.05) is 44.4 Å². The van der Waals surface area contributed by atoms with Gasteiger partial charge in [-0.05, 0) is 44.4 Å². The summed E-state index contributed by atoms with van der Waals surface area (Å²) in [5.74, 6) is 0.550. The van der Waals surface area contributed by atoms with Crippen LogP contribution in [0, 0.1) is 0 Å². The van der Waals surface area contributed by atoms with Crippen molar-refractivity contribution in [2.24, 2.45) is 0 Å². The molecule has 2 aromatic carbocycles. The topological polar surface area (TPSA) is 97.5 Å². The van der Waals surface area contributed by atoms with Gasteiger partial charge in [0.25, 0.3) is 0 Å². The van der Waals surface area contributed by atoms with E-state index in [1.54, 1.807) is 24.3 Å². The van der Waals surface area contributed by atoms with E-state index in [0.717, 1.165) is 16.8 Å². The monoisotopic (exact) mass is 583 g/mol. The zero-order valence-electron chi connectivity index (χ0n) is 23.8. The zero-order valence-corrected chi connectivity index (χ0v) is 23.8. The van der Waals surface area contributed by atoms with Gasteiger partial charge in [-0.2, -0.15) is 13.2 Å². The number of benzene rings is 2. The number of rotatable bonds is 11. The third-order valence-electron chi connectivity index (χ3n) is 6.58. The highest BCUT2D eigenvalue weighted by Gasteiger charge is 2.31. The molecule has 4 aromatic rings. The fourth-order valence-corrected chi connectivity index (χ4v) is 4.54. The molecule has 4 rings (SSSR count). The van der Waals surface area contributed by atoms with E-state index in [-0.39, 0.29) is 29.2 Å². The Morgan fingerprint density at radius 1 is 1.12 bits per heavy atom. The molecule has 0 aliphatic carbocycles. The number of fused-ring (bicyclic) bond motifs is 1. The van der Waals surface area contributed by atoms with Crippen molar-refractivity contribution in [2.45, 2.75) is 19.1 Å². The molecule has 42 heavy (non-hydrogen) atoms. The van der Waals surface area contributed by atoms with Gasteiger partial charge in [0.1, 0.15) is 23.9 Å². The maximum Gasteiger partial charge on any atom is 0.406 e. The molecule has 0 aliphatic heterocycles. The first-order valence-corrected chi connectivity index (χ1v) is 13.0. The van der Waals surface area contributed by atoms with Crippen molar-refractivity contribution in [1.29, 1.82) is 0 Å². The molecular formula is C29H32F3N7O3. The number of methoxy groups -OCH3 is 1. The van der Waals surface area contributed by atoms with E-state index in [9.17, 15) is 22.8 Å². The van der Waals surface area contributed by atoms with Gasteiger partial charge >= 0.3 is 11.9 Å². The van der Waals surface area contributed by atoms with Crippen molar-refractivity contribution in [3.63, 3.8) is 0 Å². The number of likely N-dealkylation sites (N-methyl/N-ethyl adjacent to an activating group) is 2. The predicted molar refractivity (Wildman–Crippen MR) is 156 cm³/mol. The molecule has 222 valence electrons. The van der Waals surface area contributed by atoms with Gasteiger partial charge in [0.2, 0.25) is 5.91 Å². The first-order valence-electron chi connectivity index (χ1n) is 13.0. The van der Waals surface area contributed by atoms with Crippen molar-refractivity contribution in [1.82, 2.24) is 24.0 Å². The Bertz CT molecular complexity index is 1660. The number of nitrogens with zero attached hydrogens (tertiary/aromatic N) is 6. The lowest BCUT2D eigenvalue weighted by Crippen LogP contribution is -2.29. The van der Waals surface area contributed by atoms with Crippen LogP contribution in [0.5, 0.6) is 5.75 Å². The summed E-state index contributed by atoms with van der Waals surface area (Å²) in [6.07, 6.45) is -1.83. The summed E-state index contributed by atoms with van der Waals surface area (Å²) < 4.78 is 47.4. The molecule has 0 spiro atoms. The van der Waals surface area contributed by atoms with Crippen LogP contribution < -0.4 is 20.6 Å². The Morgan fingerprint density at radius 3 is 2.48 bits per heavy atom. The Kier molecular flexibility index (Phi) is 9.00. The van der Waals surface area contributed by atoms with Gasteiger partial charge in [0.15, 0.2) is 0 Å². The molecule has 2 aromatic heterocycles. The molecular weight excluding hydrogens is 551 g/mol. The molecule has 0 atom stereocenters. The van der Waals surface area contributed by atoms with Crippen LogP contribution in [0.1, 0.15) is 11.4 Å². The summed E-state index contributed by atoms with van der Waals surface area (Å²) in [5.41, 5.74) is 1.46. The smallest absolute Gasteiger partial charge is 0.406 e. The minimum atomic E-state index is -4.59. The molecule has 0 fully saturated rings. The van der Waals surface area contributed by atoms with Gasteiger partial charge in [-0.25, -0.2) is 19.3 Å². The standard InChI is InChI=1S/C29H32F3N7O3/c1-6-27(40)34-20-15-19(24(42-5)17-23(20)37(4)14-13-36(2)3)16-25-33-12-11-26(35-25)39-22-10-8-7-9-21(22)38(28(39)41)18-29(30,31)32/h6-12,15,17H,1,13-14,16,18H2,2-5H3,(H,34,40). The molecule has 0 bridgehead atoms. The summed E-state index contributed by atoms with van der Waals surface area (Å²) >= 11 is 0. The van der Waals surface area contributed by atoms with Crippen molar-refractivity contribution < 1.29 is 22.7 Å². The van der Waals surface area contributed by atoms with Crippen LogP contribution in [0.4, 0.5) is 24.5 Å². The van der Waals surface area contributed by atoms with Crippen molar-refractivity contribution in [2.75, 3.05) is 51.6 Å². The Balaban J connectivity index is 1.76. The first-order chi connectivity index (χ1) is 19.9. The molecule has 0 saturated heterocycles. The summed E-state index contributed by atoms with van der Waals surface area (Å²) in [6, 6.07) is 11.3. The minimum Gasteiger partial charge on any atom is -0.496 e. The molecule has 10 nitrogen and oxygen atoms in total. The number of para-hydroxylation sites is 2. The number of alkyl halides is 3. The van der Waals surface area contributed by atoms with E-state index in [1.165, 1.54) is 31.5 Å². The number of anilines is 2. The lowest BCUT2D eigenvalue weighted by Gasteiger charge is -2.25. The predicted octanol–water partition coefficient (Wildman–Crippen LogP) is 3.87. The Morgan fingerprint density at radius 2 is 1.83 bits per heavy atom. The van der Waals surface area contributed by atoms with Gasteiger partial charge in [0.05, 0.1) is 29.5 Å². The van der Waals surface area contributed by atoms with E-state index in [0.29, 0.717) is 33.9 Å². The lowest BCUT2D eigenvalue weighted by molar-refractivity contribution is -0.140. The van der Waals surface area contributed by atoms with Crippen LogP contribution in [0.15, 0.2) is 66.1 Å². The van der Waals surface area contributed by atoms with Gasteiger partial charge in [-0.3, -0.25) is 9.36 Å². The number of amides is 1. The summed E-state index contributed by atoms with van der Waals surface area (Å²) in [4.78, 5) is 38.4. The largest absolute Gasteiger partial charge is 0.496 e. The fraction of sp³-hybridized carbons (Fsp3) is 0.310. The highest BCUT2D eigenvalue weighted by molar-refractivity contribution is 6.01. The van der Waals surface area contributed by atoms with Crippen molar-refractivity contribution in [3.05, 3.63) is 83.2 Å². The second-order valence-corrected chi connectivity index (χ2v) is 9.92. The van der Waals surface area contributed by atoms with Crippen LogP contribution in [0.2, 0.25) is 0 Å². The number of aromatic nitrogens is 4. The fourth-order valence-electron chi connectivity index (χ4n) is 4.54. The number of hydrogen-bond acceptors (Lipinski definition) is 7. The molecule has 13 heteroatoms. The van der Waals surface area contributed by atoms with Crippen molar-refractivity contribution >= 4 is 28.3 Å². The van der Waals surface area contributed by atoms with E-state index in [4.69, 9.17) is 4.74 Å². The second-order valence-electron chi connectivity index (χ2n) is 9.92. The van der Waals surface area contributed by atoms with E-state index < -0.39 is 18.4 Å². The maximum absolute atomic E-state index is 13.3. The van der Waals surface area contributed by atoms with E-state index in [1.807, 2.05) is 37.0 Å². The summed E-state index contributed by atoms with van der Waals surface area (Å²) in [5, 5.41) is 2.84. The van der Waals surface area contributed by atoms with E-state index >= 15 is 0 Å². The second kappa shape index (κ2) is 12.5. The molecule has 0 unspecified atom stereocenters. The molecule has 0 radical (unpaired) electrons. The number of ether oxygens (including phenoxy) is 1. The number of carbonyl (C=O) groups excluding carboxylic acids is 1. The summed E-state index contributed by atoms with van der Waals surface area (Å²) in [7, 11) is 7.36. The number of carbonyl (C=O) groups is 1. The van der Waals surface area contributed by atoms with Crippen LogP contribution >= 0.6 is 0 Å². The van der Waals surface area contributed by atoms with Crippen LogP contribution in [0.25, 0.3) is 16.9 Å². The minimum absolute atomic E-state index is 0.126. The average Bonchev–Trinajstić information content (AvgIpc) is 3.21. The summed E-state index contributed by atoms with van der Waals surface area (Å²) in [6.45, 7) is 3.55. The van der Waals surface area contributed by atoms with Crippen LogP contribution in [-0.4, -0.2) is 77.4 Å². The third kappa shape index (κ3) is 6.79. The highest BCUT2D eigenvalue weighted by Crippen LogP contribution is 2.34. The van der Waals surface area contributed by atoms with Crippen molar-refractivity contribution in [3.8, 4) is 11.6 Å². The number of nitrogens with one attached hydrogen (secondary N) is 1. The van der Waals surface area contributed by atoms with Gasteiger partial charge in [-0.15, -0.1) is 0 Å². The molecule has 1 N–H and O–H groups in total. The Hall–Kier alpha value is -4.65. The molecule has 2 heterocycles. The third-order valence-corrected chi connectivity index (χ3v) is 6.58. The van der Waals surface area contributed by atoms with Crippen LogP contribution in [-0.2, 0) is 17.8 Å². The zero-order chi connectivity index (χ0) is 30.6.